The number of fused-ring (bicyclic) bond motifs is 1. The van der Waals surface area contributed by atoms with Gasteiger partial charge in [-0.25, -0.2) is 28.5 Å². The number of ether oxygens (including phenoxy) is 2. The molecule has 0 spiro atoms. The molecule has 0 radical (unpaired) electrons. The SMILES string of the molecule is Cc1ccc2c(NC(=O)[C@@H]3CCC(F)(F)C3)cccc2c1Oc1ncccc1-c1ccnc(N[C@H]2CCCN(C(=O)OC(C)(C)C)C2)n1. The summed E-state index contributed by atoms with van der Waals surface area (Å²) < 4.78 is 39.6. The van der Waals surface area contributed by atoms with E-state index in [4.69, 9.17) is 14.5 Å². The van der Waals surface area contributed by atoms with E-state index in [1.165, 1.54) is 0 Å². The Morgan fingerprint density at radius 1 is 1.00 bits per heavy atom. The molecule has 0 unspecified atom stereocenters. The van der Waals surface area contributed by atoms with E-state index in [1.807, 2.05) is 52.0 Å². The third-order valence-electron chi connectivity index (χ3n) is 8.55. The Bertz CT molecular complexity index is 1830. The van der Waals surface area contributed by atoms with Crippen LogP contribution in [0, 0.1) is 12.8 Å². The number of alkyl halides is 2. The maximum absolute atomic E-state index is 13.8. The van der Waals surface area contributed by atoms with Crippen LogP contribution in [0.15, 0.2) is 60.9 Å². The Hall–Kier alpha value is -4.87. The van der Waals surface area contributed by atoms with Gasteiger partial charge in [-0.3, -0.25) is 4.79 Å². The topological polar surface area (TPSA) is 119 Å². The van der Waals surface area contributed by atoms with Crippen LogP contribution in [0.5, 0.6) is 11.6 Å². The average Bonchev–Trinajstić information content (AvgIpc) is 3.42. The molecule has 1 saturated heterocycles. The number of rotatable bonds is 7. The van der Waals surface area contributed by atoms with Crippen LogP contribution in [0.3, 0.4) is 0 Å². The largest absolute Gasteiger partial charge is 0.444 e. The lowest BCUT2D eigenvalue weighted by atomic mass is 10.0. The minimum absolute atomic E-state index is 0.0516. The molecular weight excluding hydrogens is 618 g/mol. The number of likely N-dealkylation sites (tertiary alicyclic amines) is 1. The first kappa shape index (κ1) is 33.0. The Labute approximate surface area is 278 Å². The number of benzene rings is 2. The van der Waals surface area contributed by atoms with Gasteiger partial charge in [-0.2, -0.15) is 0 Å². The summed E-state index contributed by atoms with van der Waals surface area (Å²) in [6, 6.07) is 14.6. The van der Waals surface area contributed by atoms with Gasteiger partial charge in [-0.15, -0.1) is 0 Å². The molecule has 2 atom stereocenters. The number of anilines is 2. The highest BCUT2D eigenvalue weighted by Crippen LogP contribution is 2.41. The zero-order valence-electron chi connectivity index (χ0n) is 27.6. The maximum atomic E-state index is 13.8. The second-order valence-electron chi connectivity index (χ2n) is 13.5. The quantitative estimate of drug-likeness (QED) is 0.205. The molecule has 2 amide bonds. The zero-order valence-corrected chi connectivity index (χ0v) is 27.6. The Kier molecular flexibility index (Phi) is 9.18. The molecule has 1 aliphatic carbocycles. The number of carbonyl (C=O) groups excluding carboxylic acids is 2. The Morgan fingerprint density at radius 2 is 1.83 bits per heavy atom. The van der Waals surface area contributed by atoms with E-state index < -0.39 is 29.8 Å². The molecule has 6 rings (SSSR count). The van der Waals surface area contributed by atoms with Crippen molar-refractivity contribution in [1.82, 2.24) is 19.9 Å². The molecule has 2 aromatic heterocycles. The Morgan fingerprint density at radius 3 is 2.60 bits per heavy atom. The van der Waals surface area contributed by atoms with Crippen molar-refractivity contribution in [2.75, 3.05) is 23.7 Å². The van der Waals surface area contributed by atoms with Crippen LogP contribution in [0.2, 0.25) is 0 Å². The van der Waals surface area contributed by atoms with Crippen LogP contribution in [0.25, 0.3) is 22.0 Å². The third kappa shape index (κ3) is 7.64. The van der Waals surface area contributed by atoms with Crippen molar-refractivity contribution in [3.05, 3.63) is 66.5 Å². The third-order valence-corrected chi connectivity index (χ3v) is 8.55. The highest BCUT2D eigenvalue weighted by molar-refractivity contribution is 6.05. The van der Waals surface area contributed by atoms with Gasteiger partial charge in [0.25, 0.3) is 0 Å². The highest BCUT2D eigenvalue weighted by atomic mass is 19.3. The average molecular weight is 659 g/mol. The molecule has 4 aromatic rings. The fraction of sp³-hybridized carbons (Fsp3) is 0.417. The molecule has 10 nitrogen and oxygen atoms in total. The van der Waals surface area contributed by atoms with Gasteiger partial charge in [0.15, 0.2) is 0 Å². The second kappa shape index (κ2) is 13.3. The van der Waals surface area contributed by atoms with Gasteiger partial charge in [0.1, 0.15) is 11.4 Å². The van der Waals surface area contributed by atoms with E-state index in [0.717, 1.165) is 29.2 Å². The van der Waals surface area contributed by atoms with Gasteiger partial charge >= 0.3 is 6.09 Å². The van der Waals surface area contributed by atoms with E-state index in [0.29, 0.717) is 47.6 Å². The van der Waals surface area contributed by atoms with Crippen molar-refractivity contribution >= 4 is 34.4 Å². The summed E-state index contributed by atoms with van der Waals surface area (Å²) in [6.45, 7) is 8.57. The van der Waals surface area contributed by atoms with Crippen molar-refractivity contribution in [2.24, 2.45) is 5.92 Å². The first-order chi connectivity index (χ1) is 22.8. The fourth-order valence-electron chi connectivity index (χ4n) is 6.20. The van der Waals surface area contributed by atoms with Crippen molar-refractivity contribution in [3.63, 3.8) is 0 Å². The van der Waals surface area contributed by atoms with Crippen LogP contribution in [-0.2, 0) is 9.53 Å². The molecule has 2 aromatic carbocycles. The highest BCUT2D eigenvalue weighted by Gasteiger charge is 2.42. The van der Waals surface area contributed by atoms with Gasteiger partial charge < -0.3 is 25.0 Å². The van der Waals surface area contributed by atoms with Crippen LogP contribution < -0.4 is 15.4 Å². The van der Waals surface area contributed by atoms with Gasteiger partial charge in [0.05, 0.1) is 11.3 Å². The number of hydrogen-bond donors (Lipinski definition) is 2. The van der Waals surface area contributed by atoms with Gasteiger partial charge in [-0.05, 0) is 76.8 Å². The normalized spacial score (nSPS) is 19.2. The van der Waals surface area contributed by atoms with Crippen LogP contribution in [0.1, 0.15) is 58.4 Å². The van der Waals surface area contributed by atoms with Crippen molar-refractivity contribution in [1.29, 1.82) is 0 Å². The predicted octanol–water partition coefficient (Wildman–Crippen LogP) is 7.98. The number of halogens is 2. The minimum atomic E-state index is -2.81. The standard InChI is InChI=1S/C36H40F2N6O4/c1-22-12-13-25-26(9-5-11-28(25)42-31(45)23-14-16-36(37,38)20-23)30(22)47-32-27(10-6-17-39-32)29-15-18-40-33(43-29)41-24-8-7-19-44(21-24)34(46)48-35(2,3)4/h5-6,9-13,15,17-18,23-24H,7-8,14,16,19-21H2,1-4H3,(H,42,45)(H,40,41,43)/t23-,24+/m1/s1. The first-order valence-corrected chi connectivity index (χ1v) is 16.3. The van der Waals surface area contributed by atoms with E-state index >= 15 is 0 Å². The molecule has 1 saturated carbocycles. The number of hydrogen-bond acceptors (Lipinski definition) is 8. The summed E-state index contributed by atoms with van der Waals surface area (Å²) in [5.41, 5.74) is 2.03. The lowest BCUT2D eigenvalue weighted by Gasteiger charge is -2.34. The van der Waals surface area contributed by atoms with Crippen molar-refractivity contribution in [2.45, 2.75) is 77.4 Å². The summed E-state index contributed by atoms with van der Waals surface area (Å²) in [4.78, 5) is 41.0. The molecule has 0 bridgehead atoms. The number of amides is 2. The maximum Gasteiger partial charge on any atom is 0.410 e. The van der Waals surface area contributed by atoms with Crippen LogP contribution in [-0.4, -0.2) is 62.5 Å². The van der Waals surface area contributed by atoms with E-state index in [9.17, 15) is 18.4 Å². The summed E-state index contributed by atoms with van der Waals surface area (Å²) >= 11 is 0. The second-order valence-corrected chi connectivity index (χ2v) is 13.5. The van der Waals surface area contributed by atoms with E-state index in [2.05, 4.69) is 20.6 Å². The van der Waals surface area contributed by atoms with Crippen molar-refractivity contribution in [3.8, 4) is 22.9 Å². The number of carbonyl (C=O) groups is 2. The lowest BCUT2D eigenvalue weighted by molar-refractivity contribution is -0.120. The number of nitrogens with one attached hydrogen (secondary N) is 2. The lowest BCUT2D eigenvalue weighted by Crippen LogP contribution is -2.47. The minimum Gasteiger partial charge on any atom is -0.444 e. The van der Waals surface area contributed by atoms with E-state index in [1.54, 1.807) is 41.6 Å². The fourth-order valence-corrected chi connectivity index (χ4v) is 6.20. The monoisotopic (exact) mass is 658 g/mol. The molecule has 48 heavy (non-hydrogen) atoms. The number of nitrogens with zero attached hydrogens (tertiary/aromatic N) is 4. The number of piperidine rings is 1. The molecule has 12 heteroatoms. The number of pyridine rings is 1. The molecule has 1 aliphatic heterocycles. The summed E-state index contributed by atoms with van der Waals surface area (Å²) in [7, 11) is 0. The number of aryl methyl sites for hydroxylation is 1. The van der Waals surface area contributed by atoms with Gasteiger partial charge in [0.2, 0.25) is 23.7 Å². The molecular formula is C36H40F2N6O4. The molecule has 2 fully saturated rings. The molecule has 3 heterocycles. The van der Waals surface area contributed by atoms with Crippen LogP contribution in [0.4, 0.5) is 25.2 Å². The zero-order chi connectivity index (χ0) is 34.1. The van der Waals surface area contributed by atoms with E-state index in [-0.39, 0.29) is 25.0 Å². The van der Waals surface area contributed by atoms with Gasteiger partial charge in [0, 0.05) is 66.7 Å². The van der Waals surface area contributed by atoms with Crippen LogP contribution >= 0.6 is 0 Å². The molecule has 2 N–H and O–H groups in total. The van der Waals surface area contributed by atoms with Crippen molar-refractivity contribution < 1.29 is 27.8 Å². The smallest absolute Gasteiger partial charge is 0.410 e. The first-order valence-electron chi connectivity index (χ1n) is 16.3. The Balaban J connectivity index is 1.22. The molecule has 252 valence electrons. The number of aromatic nitrogens is 3. The summed E-state index contributed by atoms with van der Waals surface area (Å²) in [5, 5.41) is 7.71. The summed E-state index contributed by atoms with van der Waals surface area (Å²) in [6.07, 6.45) is 4.08. The predicted molar refractivity (Wildman–Crippen MR) is 179 cm³/mol. The molecule has 2 aliphatic rings. The van der Waals surface area contributed by atoms with Gasteiger partial charge in [-0.1, -0.05) is 24.3 Å². The summed E-state index contributed by atoms with van der Waals surface area (Å²) in [5.74, 6) is -2.66.